The molecule has 1 heterocycles. The molecule has 3 nitrogen and oxygen atoms in total. The molecule has 0 bridgehead atoms. The summed E-state index contributed by atoms with van der Waals surface area (Å²) in [6.07, 6.45) is 0. The highest BCUT2D eigenvalue weighted by Gasteiger charge is 2.10. The molecule has 90 valence electrons. The van der Waals surface area contributed by atoms with Gasteiger partial charge in [0.05, 0.1) is 19.3 Å². The van der Waals surface area contributed by atoms with Crippen molar-refractivity contribution in [2.75, 3.05) is 6.61 Å². The minimum Gasteiger partial charge on any atom is -0.375 e. The summed E-state index contributed by atoms with van der Waals surface area (Å²) in [5.41, 5.74) is 3.95. The Morgan fingerprint density at radius 2 is 2.00 bits per heavy atom. The first-order valence-electron chi connectivity index (χ1n) is 5.51. The number of nitrogens with one attached hydrogen (secondary N) is 1. The Morgan fingerprint density at radius 3 is 2.65 bits per heavy atom. The van der Waals surface area contributed by atoms with Crippen LogP contribution >= 0.6 is 11.3 Å². The molecule has 0 aliphatic rings. The summed E-state index contributed by atoms with van der Waals surface area (Å²) in [6.45, 7) is 1.19. The number of ether oxygens (including phenoxy) is 1. The van der Waals surface area contributed by atoms with E-state index in [1.165, 1.54) is 10.4 Å². The molecule has 1 unspecified atom stereocenters. The molecule has 4 heteroatoms. The van der Waals surface area contributed by atoms with Gasteiger partial charge in [0.2, 0.25) is 0 Å². The Hall–Kier alpha value is -1.20. The van der Waals surface area contributed by atoms with Crippen LogP contribution in [0.2, 0.25) is 0 Å². The fourth-order valence-corrected chi connectivity index (χ4v) is 2.34. The van der Waals surface area contributed by atoms with Crippen LogP contribution in [0.4, 0.5) is 0 Å². The third-order valence-corrected chi connectivity index (χ3v) is 3.47. The second-order valence-corrected chi connectivity index (χ2v) is 4.71. The number of hydrazine groups is 1. The highest BCUT2D eigenvalue weighted by Crippen LogP contribution is 2.18. The van der Waals surface area contributed by atoms with Crippen molar-refractivity contribution in [2.24, 2.45) is 5.84 Å². The van der Waals surface area contributed by atoms with Crippen molar-refractivity contribution in [1.82, 2.24) is 5.43 Å². The average Bonchev–Trinajstić information content (AvgIpc) is 2.90. The van der Waals surface area contributed by atoms with E-state index in [0.717, 1.165) is 0 Å². The fraction of sp³-hybridized carbons (Fsp3) is 0.231. The number of hydrogen-bond donors (Lipinski definition) is 2. The molecule has 17 heavy (non-hydrogen) atoms. The van der Waals surface area contributed by atoms with E-state index in [-0.39, 0.29) is 6.04 Å². The average molecular weight is 248 g/mol. The molecule has 0 spiro atoms. The molecule has 2 aromatic rings. The number of thiophene rings is 1. The lowest BCUT2D eigenvalue weighted by atomic mass is 10.2. The maximum Gasteiger partial charge on any atom is 0.0786 e. The molecule has 0 fully saturated rings. The molecule has 0 radical (unpaired) electrons. The lowest BCUT2D eigenvalue weighted by molar-refractivity contribution is 0.0995. The van der Waals surface area contributed by atoms with Crippen LogP contribution in [0.1, 0.15) is 16.5 Å². The van der Waals surface area contributed by atoms with Gasteiger partial charge in [0.25, 0.3) is 0 Å². The van der Waals surface area contributed by atoms with Crippen molar-refractivity contribution >= 4 is 11.3 Å². The molecule has 0 saturated carbocycles. The van der Waals surface area contributed by atoms with Gasteiger partial charge in [-0.3, -0.25) is 5.84 Å². The topological polar surface area (TPSA) is 47.3 Å². The van der Waals surface area contributed by atoms with Crippen LogP contribution in [0.25, 0.3) is 0 Å². The third-order valence-electron chi connectivity index (χ3n) is 2.48. The summed E-state index contributed by atoms with van der Waals surface area (Å²) in [7, 11) is 0. The fourth-order valence-electron chi connectivity index (χ4n) is 1.57. The van der Waals surface area contributed by atoms with Gasteiger partial charge >= 0.3 is 0 Å². The molecular weight excluding hydrogens is 232 g/mol. The van der Waals surface area contributed by atoms with Gasteiger partial charge in [-0.2, -0.15) is 0 Å². The van der Waals surface area contributed by atoms with Gasteiger partial charge in [-0.1, -0.05) is 36.4 Å². The molecule has 1 atom stereocenters. The summed E-state index contributed by atoms with van der Waals surface area (Å²) >= 11 is 1.68. The zero-order valence-corrected chi connectivity index (χ0v) is 10.3. The van der Waals surface area contributed by atoms with E-state index in [9.17, 15) is 0 Å². The highest BCUT2D eigenvalue weighted by molar-refractivity contribution is 7.10. The number of benzene rings is 1. The lowest BCUT2D eigenvalue weighted by Crippen LogP contribution is -2.30. The van der Waals surface area contributed by atoms with Crippen LogP contribution in [-0.2, 0) is 11.3 Å². The van der Waals surface area contributed by atoms with Crippen LogP contribution in [-0.4, -0.2) is 6.61 Å². The Bertz CT molecular complexity index is 416. The normalized spacial score (nSPS) is 12.5. The van der Waals surface area contributed by atoms with Crippen LogP contribution in [0.3, 0.4) is 0 Å². The Morgan fingerprint density at radius 1 is 1.18 bits per heavy atom. The van der Waals surface area contributed by atoms with Gasteiger partial charge in [0.15, 0.2) is 0 Å². The predicted octanol–water partition coefficient (Wildman–Crippen LogP) is 2.47. The molecular formula is C13H16N2OS. The van der Waals surface area contributed by atoms with Gasteiger partial charge in [0.1, 0.15) is 0 Å². The molecule has 0 amide bonds. The summed E-state index contributed by atoms with van der Waals surface area (Å²) in [6, 6.07) is 14.3. The molecule has 1 aromatic carbocycles. The second-order valence-electron chi connectivity index (χ2n) is 3.74. The summed E-state index contributed by atoms with van der Waals surface area (Å²) in [4.78, 5) is 1.19. The summed E-state index contributed by atoms with van der Waals surface area (Å²) in [5.74, 6) is 5.52. The van der Waals surface area contributed by atoms with Gasteiger partial charge in [0, 0.05) is 4.88 Å². The first-order chi connectivity index (χ1) is 8.40. The molecule has 0 aliphatic heterocycles. The van der Waals surface area contributed by atoms with Crippen molar-refractivity contribution in [2.45, 2.75) is 12.6 Å². The lowest BCUT2D eigenvalue weighted by Gasteiger charge is -2.14. The first-order valence-corrected chi connectivity index (χ1v) is 6.39. The van der Waals surface area contributed by atoms with E-state index in [1.54, 1.807) is 11.3 Å². The van der Waals surface area contributed by atoms with Gasteiger partial charge in [-0.25, -0.2) is 5.43 Å². The Kier molecular flexibility index (Phi) is 4.70. The number of hydrogen-bond acceptors (Lipinski definition) is 4. The van der Waals surface area contributed by atoms with Crippen molar-refractivity contribution in [3.8, 4) is 0 Å². The van der Waals surface area contributed by atoms with Gasteiger partial charge in [-0.05, 0) is 17.0 Å². The summed E-state index contributed by atoms with van der Waals surface area (Å²) < 4.78 is 5.66. The molecule has 2 rings (SSSR count). The predicted molar refractivity (Wildman–Crippen MR) is 70.5 cm³/mol. The Labute approximate surface area is 105 Å². The van der Waals surface area contributed by atoms with Crippen LogP contribution in [0.5, 0.6) is 0 Å². The SMILES string of the molecule is NNC(COCc1ccccc1)c1cccs1. The Balaban J connectivity index is 1.81. The zero-order chi connectivity index (χ0) is 11.9. The van der Waals surface area contributed by atoms with Crippen molar-refractivity contribution in [3.63, 3.8) is 0 Å². The van der Waals surface area contributed by atoms with Crippen LogP contribution in [0.15, 0.2) is 47.8 Å². The van der Waals surface area contributed by atoms with E-state index in [1.807, 2.05) is 29.6 Å². The van der Waals surface area contributed by atoms with E-state index >= 15 is 0 Å². The quantitative estimate of drug-likeness (QED) is 0.610. The molecule has 0 aliphatic carbocycles. The van der Waals surface area contributed by atoms with Crippen molar-refractivity contribution in [1.29, 1.82) is 0 Å². The largest absolute Gasteiger partial charge is 0.375 e. The van der Waals surface area contributed by atoms with E-state index in [2.05, 4.69) is 23.6 Å². The zero-order valence-electron chi connectivity index (χ0n) is 9.50. The van der Waals surface area contributed by atoms with Crippen molar-refractivity contribution < 1.29 is 4.74 Å². The maximum absolute atomic E-state index is 5.66. The summed E-state index contributed by atoms with van der Waals surface area (Å²) in [5, 5.41) is 2.04. The first kappa shape index (κ1) is 12.3. The third kappa shape index (κ3) is 3.64. The van der Waals surface area contributed by atoms with Crippen LogP contribution in [0, 0.1) is 0 Å². The monoisotopic (exact) mass is 248 g/mol. The molecule has 1 aromatic heterocycles. The van der Waals surface area contributed by atoms with E-state index in [4.69, 9.17) is 10.6 Å². The minimum atomic E-state index is 0.0683. The van der Waals surface area contributed by atoms with Crippen LogP contribution < -0.4 is 11.3 Å². The highest BCUT2D eigenvalue weighted by atomic mass is 32.1. The van der Waals surface area contributed by atoms with E-state index in [0.29, 0.717) is 13.2 Å². The van der Waals surface area contributed by atoms with E-state index < -0.39 is 0 Å². The smallest absolute Gasteiger partial charge is 0.0786 e. The maximum atomic E-state index is 5.66. The number of nitrogens with two attached hydrogens (primary N) is 1. The standard InChI is InChI=1S/C13H16N2OS/c14-15-12(13-7-4-8-17-13)10-16-9-11-5-2-1-3-6-11/h1-8,12,15H,9-10,14H2. The van der Waals surface area contributed by atoms with Gasteiger partial charge < -0.3 is 4.74 Å². The second kappa shape index (κ2) is 6.51. The van der Waals surface area contributed by atoms with Crippen molar-refractivity contribution in [3.05, 3.63) is 58.3 Å². The van der Waals surface area contributed by atoms with Gasteiger partial charge in [-0.15, -0.1) is 11.3 Å². The molecule has 0 saturated heterocycles. The molecule has 3 N–H and O–H groups in total. The minimum absolute atomic E-state index is 0.0683. The number of rotatable bonds is 6.